The number of fused-ring (bicyclic) bond motifs is 5. The molecule has 2 saturated heterocycles. The van der Waals surface area contributed by atoms with Crippen molar-refractivity contribution in [3.05, 3.63) is 40.1 Å². The molecule has 0 radical (unpaired) electrons. The molecule has 2 aliphatic heterocycles. The Bertz CT molecular complexity index is 827. The van der Waals surface area contributed by atoms with Crippen LogP contribution >= 0.6 is 0 Å². The average Bonchev–Trinajstić information content (AvgIpc) is 3.29. The van der Waals surface area contributed by atoms with Gasteiger partial charge in [0.05, 0.1) is 35.5 Å². The highest BCUT2D eigenvalue weighted by Gasteiger charge is 2.60. The van der Waals surface area contributed by atoms with Gasteiger partial charge >= 0.3 is 5.97 Å². The lowest BCUT2D eigenvalue weighted by Gasteiger charge is -2.22. The van der Waals surface area contributed by atoms with Crippen LogP contribution < -0.4 is 0 Å². The van der Waals surface area contributed by atoms with Gasteiger partial charge in [0, 0.05) is 0 Å². The molecule has 2 bridgehead atoms. The molecule has 4 nitrogen and oxygen atoms in total. The Hall–Kier alpha value is -1.94. The number of ether oxygens (including phenoxy) is 2. The van der Waals surface area contributed by atoms with Crippen LogP contribution in [0.25, 0.3) is 5.57 Å². The number of carbonyl (C=O) groups excluding carboxylic acids is 2. The third-order valence-corrected chi connectivity index (χ3v) is 6.52. The lowest BCUT2D eigenvalue weighted by atomic mass is 9.80. The highest BCUT2D eigenvalue weighted by Crippen LogP contribution is 2.55. The van der Waals surface area contributed by atoms with Gasteiger partial charge in [-0.05, 0) is 56.7 Å². The van der Waals surface area contributed by atoms with Crippen LogP contribution in [0, 0.1) is 38.5 Å². The number of hydrogen-bond donors (Lipinski definition) is 0. The Balaban J connectivity index is 1.86. The molecule has 1 unspecified atom stereocenters. The zero-order chi connectivity index (χ0) is 19.5. The quantitative estimate of drug-likeness (QED) is 0.744. The van der Waals surface area contributed by atoms with Crippen molar-refractivity contribution in [3.8, 4) is 0 Å². The van der Waals surface area contributed by atoms with E-state index in [9.17, 15) is 9.59 Å². The largest absolute Gasteiger partial charge is 0.430 e. The van der Waals surface area contributed by atoms with Crippen molar-refractivity contribution in [2.75, 3.05) is 0 Å². The molecule has 3 aliphatic rings. The van der Waals surface area contributed by atoms with Gasteiger partial charge in [-0.3, -0.25) is 9.59 Å². The molecule has 0 N–H and O–H groups in total. The highest BCUT2D eigenvalue weighted by atomic mass is 16.5. The number of allylic oxidation sites excluding steroid dienone is 1. The number of carbonyl (C=O) groups is 2. The summed E-state index contributed by atoms with van der Waals surface area (Å²) < 4.78 is 12.0. The number of Topliss-reactive ketones (excluding diaryl/α,β-unsaturated/α-hetero) is 1. The normalized spacial score (nSPS) is 30.0. The SMILES string of the molecule is CCC(C)C(=O)OC1=C(c2c(C)cc(C)cc2C)C(=O)[C@@H]2[C@H]1[C@H]1CC[C@@H]2O1. The zero-order valence-electron chi connectivity index (χ0n) is 16.8. The van der Waals surface area contributed by atoms with Gasteiger partial charge in [-0.1, -0.05) is 31.5 Å². The van der Waals surface area contributed by atoms with Crippen molar-refractivity contribution >= 4 is 17.3 Å². The molecule has 0 spiro atoms. The first-order valence-electron chi connectivity index (χ1n) is 10.1. The lowest BCUT2D eigenvalue weighted by Crippen LogP contribution is -2.30. The van der Waals surface area contributed by atoms with E-state index in [2.05, 4.69) is 19.1 Å². The Labute approximate surface area is 160 Å². The maximum atomic E-state index is 13.5. The molecule has 27 heavy (non-hydrogen) atoms. The molecule has 1 aromatic rings. The Morgan fingerprint density at radius 2 is 1.74 bits per heavy atom. The van der Waals surface area contributed by atoms with E-state index in [0.29, 0.717) is 17.8 Å². The summed E-state index contributed by atoms with van der Waals surface area (Å²) in [6, 6.07) is 4.19. The van der Waals surface area contributed by atoms with Gasteiger partial charge in [0.15, 0.2) is 5.78 Å². The van der Waals surface area contributed by atoms with Gasteiger partial charge in [-0.25, -0.2) is 0 Å². The summed E-state index contributed by atoms with van der Waals surface area (Å²) in [6.07, 6.45) is 2.53. The lowest BCUT2D eigenvalue weighted by molar-refractivity contribution is -0.144. The first-order chi connectivity index (χ1) is 12.8. The second-order valence-corrected chi connectivity index (χ2v) is 8.45. The third-order valence-electron chi connectivity index (χ3n) is 6.52. The molecule has 5 atom stereocenters. The first kappa shape index (κ1) is 18.4. The molecule has 144 valence electrons. The summed E-state index contributed by atoms with van der Waals surface area (Å²) in [4.78, 5) is 26.1. The fraction of sp³-hybridized carbons (Fsp3) is 0.565. The van der Waals surface area contributed by atoms with Gasteiger partial charge in [0.2, 0.25) is 0 Å². The number of rotatable bonds is 4. The molecule has 2 heterocycles. The maximum Gasteiger partial charge on any atom is 0.313 e. The van der Waals surface area contributed by atoms with Gasteiger partial charge in [-0.15, -0.1) is 0 Å². The van der Waals surface area contributed by atoms with Gasteiger partial charge < -0.3 is 9.47 Å². The molecule has 1 aliphatic carbocycles. The molecule has 0 amide bonds. The van der Waals surface area contributed by atoms with Crippen molar-refractivity contribution in [2.45, 2.75) is 66.1 Å². The van der Waals surface area contributed by atoms with Crippen molar-refractivity contribution in [2.24, 2.45) is 17.8 Å². The van der Waals surface area contributed by atoms with E-state index >= 15 is 0 Å². The van der Waals surface area contributed by atoms with Crippen molar-refractivity contribution in [1.82, 2.24) is 0 Å². The molecular weight excluding hydrogens is 340 g/mol. The molecular formula is C23H28O4. The number of hydrogen-bond acceptors (Lipinski definition) is 4. The first-order valence-corrected chi connectivity index (χ1v) is 10.1. The van der Waals surface area contributed by atoms with Crippen LogP contribution in [0.2, 0.25) is 0 Å². The standard InChI is InChI=1S/C23H28O4/c1-6-12(3)23(25)27-22-19-16-8-7-15(26-16)18(19)21(24)20(22)17-13(4)9-11(2)10-14(17)5/h9-10,12,15-16,18-19H,6-8H2,1-5H3/t12?,15-,16+,18-,19+/m0/s1. The number of esters is 1. The van der Waals surface area contributed by atoms with Crippen LogP contribution in [0.15, 0.2) is 17.9 Å². The maximum absolute atomic E-state index is 13.5. The van der Waals surface area contributed by atoms with Crippen LogP contribution in [-0.2, 0) is 19.1 Å². The second-order valence-electron chi connectivity index (χ2n) is 8.45. The zero-order valence-corrected chi connectivity index (χ0v) is 16.8. The average molecular weight is 368 g/mol. The van der Waals surface area contributed by atoms with Gasteiger partial charge in [-0.2, -0.15) is 0 Å². The van der Waals surface area contributed by atoms with Crippen molar-refractivity contribution < 1.29 is 19.1 Å². The monoisotopic (exact) mass is 368 g/mol. The van der Waals surface area contributed by atoms with Crippen LogP contribution in [0.3, 0.4) is 0 Å². The van der Waals surface area contributed by atoms with E-state index in [1.807, 2.05) is 27.7 Å². The van der Waals surface area contributed by atoms with Crippen LogP contribution in [-0.4, -0.2) is 24.0 Å². The summed E-state index contributed by atoms with van der Waals surface area (Å²) in [7, 11) is 0. The second kappa shape index (κ2) is 6.59. The minimum Gasteiger partial charge on any atom is -0.430 e. The topological polar surface area (TPSA) is 52.6 Å². The predicted molar refractivity (Wildman–Crippen MR) is 103 cm³/mol. The van der Waals surface area contributed by atoms with Crippen LogP contribution in [0.1, 0.15) is 55.4 Å². The Morgan fingerprint density at radius 3 is 2.33 bits per heavy atom. The minimum absolute atomic E-state index is 0.00718. The fourth-order valence-electron chi connectivity index (χ4n) is 5.11. The Morgan fingerprint density at radius 1 is 1.15 bits per heavy atom. The number of ketones is 1. The number of aryl methyl sites for hydroxylation is 3. The van der Waals surface area contributed by atoms with Crippen LogP contribution in [0.5, 0.6) is 0 Å². The summed E-state index contributed by atoms with van der Waals surface area (Å²) >= 11 is 0. The van der Waals surface area contributed by atoms with Gasteiger partial charge in [0.25, 0.3) is 0 Å². The molecule has 4 rings (SSSR count). The smallest absolute Gasteiger partial charge is 0.313 e. The van der Waals surface area contributed by atoms with Crippen molar-refractivity contribution in [3.63, 3.8) is 0 Å². The highest BCUT2D eigenvalue weighted by molar-refractivity contribution is 6.26. The molecule has 2 fully saturated rings. The number of benzene rings is 1. The predicted octanol–water partition coefficient (Wildman–Crippen LogP) is 4.29. The molecule has 4 heteroatoms. The van der Waals surface area contributed by atoms with E-state index in [-0.39, 0.29) is 41.7 Å². The summed E-state index contributed by atoms with van der Waals surface area (Å²) in [5.74, 6) is -0.0824. The molecule has 0 aromatic heterocycles. The van der Waals surface area contributed by atoms with E-state index in [4.69, 9.17) is 9.47 Å². The van der Waals surface area contributed by atoms with Crippen LogP contribution in [0.4, 0.5) is 0 Å². The van der Waals surface area contributed by atoms with Crippen molar-refractivity contribution in [1.29, 1.82) is 0 Å². The third kappa shape index (κ3) is 2.77. The summed E-state index contributed by atoms with van der Waals surface area (Å²) in [5.41, 5.74) is 4.84. The molecule has 0 saturated carbocycles. The Kier molecular flexibility index (Phi) is 4.50. The minimum atomic E-state index is -0.247. The van der Waals surface area contributed by atoms with E-state index in [0.717, 1.165) is 29.5 Å². The fourth-order valence-corrected chi connectivity index (χ4v) is 5.11. The van der Waals surface area contributed by atoms with Gasteiger partial charge in [0.1, 0.15) is 5.76 Å². The summed E-state index contributed by atoms with van der Waals surface area (Å²) in [6.45, 7) is 9.96. The van der Waals surface area contributed by atoms with E-state index in [1.54, 1.807) is 0 Å². The molecule has 1 aromatic carbocycles. The van der Waals surface area contributed by atoms with E-state index < -0.39 is 0 Å². The van der Waals surface area contributed by atoms with E-state index in [1.165, 1.54) is 5.56 Å². The summed E-state index contributed by atoms with van der Waals surface area (Å²) in [5, 5.41) is 0.